The van der Waals surface area contributed by atoms with E-state index in [0.29, 0.717) is 6.42 Å². The van der Waals surface area contributed by atoms with Gasteiger partial charge in [-0.15, -0.1) is 0 Å². The molecule has 0 aromatic carbocycles. The van der Waals surface area contributed by atoms with Crippen molar-refractivity contribution >= 4 is 6.21 Å². The van der Waals surface area contributed by atoms with Gasteiger partial charge in [0.1, 0.15) is 5.83 Å². The van der Waals surface area contributed by atoms with Crippen molar-refractivity contribution in [3.8, 4) is 0 Å². The Labute approximate surface area is 88.3 Å². The topological polar surface area (TPSA) is 12.4 Å². The van der Waals surface area contributed by atoms with E-state index < -0.39 is 11.7 Å². The molecule has 0 rings (SSSR count). The van der Waals surface area contributed by atoms with Crippen LogP contribution < -0.4 is 0 Å². The zero-order valence-corrected chi connectivity index (χ0v) is 9.01. The Kier molecular flexibility index (Phi) is 7.68. The Bertz CT molecular complexity index is 257. The van der Waals surface area contributed by atoms with E-state index in [1.54, 1.807) is 13.8 Å². The molecular weight excluding hydrogens is 203 g/mol. The summed E-state index contributed by atoms with van der Waals surface area (Å²) in [5.41, 5.74) is 0. The molecule has 0 saturated heterocycles. The molecule has 0 aliphatic heterocycles. The maximum Gasteiger partial charge on any atom is 0.105 e. The van der Waals surface area contributed by atoms with Gasteiger partial charge < -0.3 is 0 Å². The second-order valence-electron chi connectivity index (χ2n) is 3.09. The summed E-state index contributed by atoms with van der Waals surface area (Å²) >= 11 is 0. The lowest BCUT2D eigenvalue weighted by molar-refractivity contribution is 0.508. The van der Waals surface area contributed by atoms with Crippen LogP contribution in [0, 0.1) is 5.92 Å². The van der Waals surface area contributed by atoms with Crippen LogP contribution in [0.1, 0.15) is 33.1 Å². The quantitative estimate of drug-likeness (QED) is 0.584. The first-order chi connectivity index (χ1) is 7.15. The van der Waals surface area contributed by atoms with Crippen LogP contribution in [0.25, 0.3) is 0 Å². The fourth-order valence-corrected chi connectivity index (χ4v) is 1.06. The van der Waals surface area contributed by atoms with Crippen molar-refractivity contribution in [2.45, 2.75) is 33.1 Å². The predicted octanol–water partition coefficient (Wildman–Crippen LogP) is 4.47. The zero-order chi connectivity index (χ0) is 11.7. The maximum absolute atomic E-state index is 13.3. The number of hydrogen-bond donors (Lipinski definition) is 0. The van der Waals surface area contributed by atoms with Crippen LogP contribution in [-0.2, 0) is 0 Å². The molecule has 4 heteroatoms. The van der Waals surface area contributed by atoms with Crippen molar-refractivity contribution in [3.63, 3.8) is 0 Å². The van der Waals surface area contributed by atoms with Gasteiger partial charge in [0, 0.05) is 6.21 Å². The minimum Gasteiger partial charge on any atom is -0.212 e. The molecule has 0 bridgehead atoms. The van der Waals surface area contributed by atoms with E-state index in [4.69, 9.17) is 0 Å². The number of hydrogen-bond acceptors (Lipinski definition) is 1. The summed E-state index contributed by atoms with van der Waals surface area (Å²) in [7, 11) is 0. The SMILES string of the molecule is CC/C=C(/F)C(/C=N\F)C/C=C(/F)CC. The van der Waals surface area contributed by atoms with Gasteiger partial charge in [0.05, 0.1) is 11.7 Å². The lowest BCUT2D eigenvalue weighted by Gasteiger charge is -2.05. The van der Waals surface area contributed by atoms with Crippen molar-refractivity contribution in [3.05, 3.63) is 23.8 Å². The molecule has 0 fully saturated rings. The highest BCUT2D eigenvalue weighted by Crippen LogP contribution is 2.18. The summed E-state index contributed by atoms with van der Waals surface area (Å²) in [6.45, 7) is 3.42. The highest BCUT2D eigenvalue weighted by Gasteiger charge is 2.10. The lowest BCUT2D eigenvalue weighted by Crippen LogP contribution is -2.01. The van der Waals surface area contributed by atoms with Crippen LogP contribution in [0.15, 0.2) is 29.0 Å². The first-order valence-electron chi connectivity index (χ1n) is 5.00. The molecule has 0 aliphatic rings. The molecule has 0 saturated carbocycles. The van der Waals surface area contributed by atoms with Gasteiger partial charge >= 0.3 is 0 Å². The molecule has 0 N–H and O–H groups in total. The minimum atomic E-state index is -0.799. The third-order valence-corrected chi connectivity index (χ3v) is 1.92. The summed E-state index contributed by atoms with van der Waals surface area (Å²) in [6, 6.07) is 0. The fourth-order valence-electron chi connectivity index (χ4n) is 1.06. The largest absolute Gasteiger partial charge is 0.212 e. The van der Waals surface area contributed by atoms with E-state index in [1.165, 1.54) is 12.2 Å². The summed E-state index contributed by atoms with van der Waals surface area (Å²) in [4.78, 5) is 0. The van der Waals surface area contributed by atoms with Gasteiger partial charge in [-0.3, -0.25) is 0 Å². The van der Waals surface area contributed by atoms with Crippen LogP contribution in [0.3, 0.4) is 0 Å². The van der Waals surface area contributed by atoms with E-state index in [-0.39, 0.29) is 18.7 Å². The Morgan fingerprint density at radius 3 is 2.40 bits per heavy atom. The fraction of sp³-hybridized carbons (Fsp3) is 0.545. The molecule has 1 nitrogen and oxygen atoms in total. The van der Waals surface area contributed by atoms with Gasteiger partial charge in [0.15, 0.2) is 0 Å². The van der Waals surface area contributed by atoms with Crippen LogP contribution in [0.5, 0.6) is 0 Å². The smallest absolute Gasteiger partial charge is 0.105 e. The van der Waals surface area contributed by atoms with Crippen LogP contribution >= 0.6 is 0 Å². The van der Waals surface area contributed by atoms with Crippen LogP contribution in [0.2, 0.25) is 0 Å². The zero-order valence-electron chi connectivity index (χ0n) is 9.01. The highest BCUT2D eigenvalue weighted by atomic mass is 19.2. The van der Waals surface area contributed by atoms with Crippen molar-refractivity contribution in [1.29, 1.82) is 0 Å². The second kappa shape index (κ2) is 8.26. The van der Waals surface area contributed by atoms with Gasteiger partial charge in [0.25, 0.3) is 0 Å². The molecule has 0 aromatic heterocycles. The minimum absolute atomic E-state index is 0.0927. The average Bonchev–Trinajstić information content (AvgIpc) is 2.23. The molecule has 0 aliphatic carbocycles. The van der Waals surface area contributed by atoms with Gasteiger partial charge in [0.2, 0.25) is 0 Å². The van der Waals surface area contributed by atoms with Crippen molar-refractivity contribution < 1.29 is 13.3 Å². The van der Waals surface area contributed by atoms with Gasteiger partial charge in [-0.25, -0.2) is 8.78 Å². The summed E-state index contributed by atoms with van der Waals surface area (Å²) in [5.74, 6) is -1.59. The van der Waals surface area contributed by atoms with E-state index in [1.807, 2.05) is 0 Å². The Morgan fingerprint density at radius 2 is 1.93 bits per heavy atom. The molecule has 15 heavy (non-hydrogen) atoms. The molecule has 86 valence electrons. The monoisotopic (exact) mass is 219 g/mol. The van der Waals surface area contributed by atoms with E-state index in [2.05, 4.69) is 5.21 Å². The molecule has 0 spiro atoms. The third kappa shape index (κ3) is 6.10. The van der Waals surface area contributed by atoms with Crippen molar-refractivity contribution in [2.24, 2.45) is 11.1 Å². The molecule has 0 amide bonds. The number of allylic oxidation sites excluding steroid dienone is 4. The lowest BCUT2D eigenvalue weighted by atomic mass is 10.0. The molecular formula is C11H16F3N. The van der Waals surface area contributed by atoms with Gasteiger partial charge in [-0.05, 0) is 19.3 Å². The number of halogens is 3. The van der Waals surface area contributed by atoms with Crippen molar-refractivity contribution in [2.75, 3.05) is 0 Å². The number of nitrogens with zero attached hydrogens (tertiary/aromatic N) is 1. The van der Waals surface area contributed by atoms with Gasteiger partial charge in [-0.1, -0.05) is 35.7 Å². The Morgan fingerprint density at radius 1 is 1.27 bits per heavy atom. The first kappa shape index (κ1) is 13.9. The Balaban J connectivity index is 4.48. The second-order valence-corrected chi connectivity index (χ2v) is 3.09. The standard InChI is InChI=1S/C11H16F3N/c1-3-5-11(13)9(8-15-14)6-7-10(12)4-2/h5,7-9H,3-4,6H2,1-2H3/b10-7+,11-5+,15-8-. The summed E-state index contributed by atoms with van der Waals surface area (Å²) in [5, 5.41) is 2.29. The van der Waals surface area contributed by atoms with E-state index in [0.717, 1.165) is 6.21 Å². The van der Waals surface area contributed by atoms with E-state index in [9.17, 15) is 13.3 Å². The molecule has 0 radical (unpaired) electrons. The molecule has 0 heterocycles. The number of rotatable bonds is 6. The highest BCUT2D eigenvalue weighted by molar-refractivity contribution is 5.63. The van der Waals surface area contributed by atoms with E-state index >= 15 is 0 Å². The normalized spacial score (nSPS) is 16.1. The summed E-state index contributed by atoms with van der Waals surface area (Å²) < 4.78 is 37.7. The molecule has 1 unspecified atom stereocenters. The van der Waals surface area contributed by atoms with Crippen LogP contribution in [0.4, 0.5) is 13.3 Å². The average molecular weight is 219 g/mol. The van der Waals surface area contributed by atoms with Crippen molar-refractivity contribution in [1.82, 2.24) is 0 Å². The maximum atomic E-state index is 13.3. The summed E-state index contributed by atoms with van der Waals surface area (Å²) in [6.07, 6.45) is 4.32. The van der Waals surface area contributed by atoms with Crippen LogP contribution in [-0.4, -0.2) is 6.21 Å². The van der Waals surface area contributed by atoms with Gasteiger partial charge in [-0.2, -0.15) is 0 Å². The predicted molar refractivity (Wildman–Crippen MR) is 56.7 cm³/mol. The molecule has 0 aromatic rings. The molecule has 1 atom stereocenters. The first-order valence-corrected chi connectivity index (χ1v) is 5.00. The third-order valence-electron chi connectivity index (χ3n) is 1.92. The Hall–Kier alpha value is -1.06.